The molecule has 1 heterocycles. The third-order valence-electron chi connectivity index (χ3n) is 5.31. The van der Waals surface area contributed by atoms with E-state index in [1.807, 2.05) is 35.2 Å². The number of benzene rings is 2. The molecule has 11 heteroatoms. The van der Waals surface area contributed by atoms with Crippen LogP contribution < -0.4 is 0 Å². The van der Waals surface area contributed by atoms with E-state index in [2.05, 4.69) is 0 Å². The van der Waals surface area contributed by atoms with Crippen molar-refractivity contribution in [2.75, 3.05) is 40.3 Å². The Bertz CT molecular complexity index is 1070. The fourth-order valence-corrected chi connectivity index (χ4v) is 5.30. The molecule has 0 saturated carbocycles. The minimum atomic E-state index is -4.77. The van der Waals surface area contributed by atoms with E-state index in [0.717, 1.165) is 22.0 Å². The van der Waals surface area contributed by atoms with Crippen molar-refractivity contribution >= 4 is 27.5 Å². The normalized spacial score (nSPS) is 17.2. The van der Waals surface area contributed by atoms with E-state index in [0.29, 0.717) is 6.07 Å². The molecule has 0 aromatic heterocycles. The van der Waals surface area contributed by atoms with Crippen molar-refractivity contribution < 1.29 is 26.4 Å². The summed E-state index contributed by atoms with van der Waals surface area (Å²) in [5.41, 5.74) is -0.408. The summed E-state index contributed by atoms with van der Waals surface area (Å²) in [6.45, 7) is 0.572. The molecule has 0 radical (unpaired) electrons. The van der Waals surface area contributed by atoms with Gasteiger partial charge in [-0.2, -0.15) is 17.5 Å². The second-order valence-electron chi connectivity index (χ2n) is 7.63. The molecule has 0 aliphatic carbocycles. The monoisotopic (exact) mass is 489 g/mol. The Morgan fingerprint density at radius 2 is 1.62 bits per heavy atom. The van der Waals surface area contributed by atoms with Crippen LogP contribution in [0.5, 0.6) is 0 Å². The van der Waals surface area contributed by atoms with Gasteiger partial charge in [-0.25, -0.2) is 8.42 Å². The van der Waals surface area contributed by atoms with Crippen LogP contribution in [0, 0.1) is 0 Å². The van der Waals surface area contributed by atoms with Gasteiger partial charge in [-0.15, -0.1) is 0 Å². The molecule has 1 unspecified atom stereocenters. The number of amides is 1. The number of nitrogens with zero attached hydrogens (tertiary/aromatic N) is 3. The van der Waals surface area contributed by atoms with Gasteiger partial charge in [-0.3, -0.25) is 9.69 Å². The first-order chi connectivity index (χ1) is 14.9. The van der Waals surface area contributed by atoms with Gasteiger partial charge in [0.25, 0.3) is 0 Å². The Balaban J connectivity index is 1.82. The summed E-state index contributed by atoms with van der Waals surface area (Å²) in [5, 5.41) is -0.561. The van der Waals surface area contributed by atoms with Crippen LogP contribution in [-0.2, 0) is 21.0 Å². The zero-order valence-corrected chi connectivity index (χ0v) is 19.1. The van der Waals surface area contributed by atoms with E-state index in [-0.39, 0.29) is 32.1 Å². The van der Waals surface area contributed by atoms with Crippen LogP contribution in [0.15, 0.2) is 53.4 Å². The van der Waals surface area contributed by atoms with Crippen molar-refractivity contribution in [3.05, 3.63) is 64.7 Å². The zero-order chi connectivity index (χ0) is 23.7. The van der Waals surface area contributed by atoms with Gasteiger partial charge in [0, 0.05) is 40.3 Å². The van der Waals surface area contributed by atoms with Crippen molar-refractivity contribution in [1.29, 1.82) is 0 Å². The summed E-state index contributed by atoms with van der Waals surface area (Å²) in [6, 6.07) is 11.1. The first-order valence-corrected chi connectivity index (χ1v) is 11.6. The molecule has 2 aromatic carbocycles. The van der Waals surface area contributed by atoms with Crippen LogP contribution in [0.4, 0.5) is 13.2 Å². The molecule has 3 rings (SSSR count). The average Bonchev–Trinajstić information content (AvgIpc) is 2.74. The number of alkyl halides is 3. The van der Waals surface area contributed by atoms with Gasteiger partial charge in [-0.1, -0.05) is 41.9 Å². The molecule has 1 atom stereocenters. The number of carbonyl (C=O) groups is 1. The Morgan fingerprint density at radius 3 is 2.16 bits per heavy atom. The smallest absolute Gasteiger partial charge is 0.347 e. The van der Waals surface area contributed by atoms with Crippen LogP contribution in [0.25, 0.3) is 0 Å². The van der Waals surface area contributed by atoms with Crippen molar-refractivity contribution in [3.63, 3.8) is 0 Å². The van der Waals surface area contributed by atoms with Crippen molar-refractivity contribution in [3.8, 4) is 0 Å². The minimum absolute atomic E-state index is 0.0380. The molecular weight excluding hydrogens is 467 g/mol. The number of rotatable bonds is 5. The first kappa shape index (κ1) is 24.5. The average molecular weight is 490 g/mol. The van der Waals surface area contributed by atoms with E-state index in [1.54, 1.807) is 14.1 Å². The summed E-state index contributed by atoms with van der Waals surface area (Å²) in [7, 11) is -0.858. The predicted octanol–water partition coefficient (Wildman–Crippen LogP) is 3.49. The van der Waals surface area contributed by atoms with Gasteiger partial charge < -0.3 is 4.90 Å². The number of hydrogen-bond donors (Lipinski definition) is 0. The molecule has 0 N–H and O–H groups in total. The molecule has 1 fully saturated rings. The number of likely N-dealkylation sites (N-methyl/N-ethyl adjacent to an activating group) is 1. The fraction of sp³-hybridized carbons (Fsp3) is 0.381. The third kappa shape index (κ3) is 5.09. The lowest BCUT2D eigenvalue weighted by Crippen LogP contribution is -2.52. The van der Waals surface area contributed by atoms with E-state index in [9.17, 15) is 26.4 Å². The molecule has 1 aliphatic rings. The standard InChI is InChI=1S/C21H23ClF3N3O3S/c1-26(2)20(29)19(15-6-4-3-5-7-15)27-10-12-28(13-11-27)32(30,31)16-8-9-18(22)17(14-16)21(23,24)25/h3-9,14,19H,10-13H2,1-2H3. The first-order valence-electron chi connectivity index (χ1n) is 9.80. The lowest BCUT2D eigenvalue weighted by molar-refractivity contribution is -0.137. The summed E-state index contributed by atoms with van der Waals surface area (Å²) in [6.07, 6.45) is -4.77. The van der Waals surface area contributed by atoms with E-state index in [4.69, 9.17) is 11.6 Å². The molecule has 0 bridgehead atoms. The summed E-state index contributed by atoms with van der Waals surface area (Å²) in [4.78, 5) is 15.7. The number of sulfonamides is 1. The Labute approximate surface area is 190 Å². The molecule has 174 valence electrons. The summed E-state index contributed by atoms with van der Waals surface area (Å²) >= 11 is 5.61. The van der Waals surface area contributed by atoms with Gasteiger partial charge in [0.2, 0.25) is 15.9 Å². The lowest BCUT2D eigenvalue weighted by atomic mass is 10.0. The molecule has 1 amide bonds. The van der Waals surface area contributed by atoms with E-state index in [1.165, 1.54) is 4.90 Å². The van der Waals surface area contributed by atoms with Gasteiger partial charge in [0.1, 0.15) is 6.04 Å². The zero-order valence-electron chi connectivity index (χ0n) is 17.5. The summed E-state index contributed by atoms with van der Waals surface area (Å²) in [5.74, 6) is -0.139. The quantitative estimate of drug-likeness (QED) is 0.645. The third-order valence-corrected chi connectivity index (χ3v) is 7.53. The van der Waals surface area contributed by atoms with Crippen molar-refractivity contribution in [1.82, 2.24) is 14.1 Å². The van der Waals surface area contributed by atoms with Crippen molar-refractivity contribution in [2.24, 2.45) is 0 Å². The Kier molecular flexibility index (Phi) is 7.18. The maximum atomic E-state index is 13.2. The van der Waals surface area contributed by atoms with Crippen LogP contribution in [-0.4, -0.2) is 68.7 Å². The Morgan fingerprint density at radius 1 is 1.03 bits per heavy atom. The van der Waals surface area contributed by atoms with Crippen LogP contribution in [0.2, 0.25) is 5.02 Å². The van der Waals surface area contributed by atoms with E-state index >= 15 is 0 Å². The molecule has 0 spiro atoms. The predicted molar refractivity (Wildman–Crippen MR) is 115 cm³/mol. The largest absolute Gasteiger partial charge is 0.417 e. The SMILES string of the molecule is CN(C)C(=O)C(c1ccccc1)N1CCN(S(=O)(=O)c2ccc(Cl)c(C(F)(F)F)c2)CC1. The number of carbonyl (C=O) groups excluding carboxylic acids is 1. The highest BCUT2D eigenvalue weighted by Crippen LogP contribution is 2.36. The number of piperazine rings is 1. The van der Waals surface area contributed by atoms with Gasteiger partial charge in [0.05, 0.1) is 15.5 Å². The molecule has 2 aromatic rings. The Hall–Kier alpha value is -2.14. The second kappa shape index (κ2) is 9.38. The highest BCUT2D eigenvalue weighted by atomic mass is 35.5. The molecule has 6 nitrogen and oxygen atoms in total. The molecule has 32 heavy (non-hydrogen) atoms. The van der Waals surface area contributed by atoms with Gasteiger partial charge >= 0.3 is 6.18 Å². The van der Waals surface area contributed by atoms with E-state index < -0.39 is 37.7 Å². The minimum Gasteiger partial charge on any atom is -0.347 e. The maximum Gasteiger partial charge on any atom is 0.417 e. The number of hydrogen-bond acceptors (Lipinski definition) is 4. The molecule has 1 aliphatic heterocycles. The highest BCUT2D eigenvalue weighted by molar-refractivity contribution is 7.89. The maximum absolute atomic E-state index is 13.2. The van der Waals surface area contributed by atoms with Crippen LogP contribution >= 0.6 is 11.6 Å². The second-order valence-corrected chi connectivity index (χ2v) is 9.97. The van der Waals surface area contributed by atoms with Crippen LogP contribution in [0.1, 0.15) is 17.2 Å². The van der Waals surface area contributed by atoms with Crippen molar-refractivity contribution in [2.45, 2.75) is 17.1 Å². The summed E-state index contributed by atoms with van der Waals surface area (Å²) < 4.78 is 66.6. The lowest BCUT2D eigenvalue weighted by Gasteiger charge is -2.39. The van der Waals surface area contributed by atoms with Crippen LogP contribution in [0.3, 0.4) is 0 Å². The van der Waals surface area contributed by atoms with Gasteiger partial charge in [-0.05, 0) is 23.8 Å². The van der Waals surface area contributed by atoms with Gasteiger partial charge in [0.15, 0.2) is 0 Å². The molecule has 1 saturated heterocycles. The number of halogens is 4. The molecular formula is C21H23ClF3N3O3S. The highest BCUT2D eigenvalue weighted by Gasteiger charge is 2.38. The topological polar surface area (TPSA) is 60.9 Å². The fourth-order valence-electron chi connectivity index (χ4n) is 3.62.